The third-order valence-electron chi connectivity index (χ3n) is 4.73. The van der Waals surface area contributed by atoms with Crippen molar-refractivity contribution in [1.82, 2.24) is 39.8 Å². The van der Waals surface area contributed by atoms with E-state index < -0.39 is 0 Å². The summed E-state index contributed by atoms with van der Waals surface area (Å²) < 4.78 is 9.02. The molecule has 0 unspecified atom stereocenters. The van der Waals surface area contributed by atoms with Crippen LogP contribution in [0.5, 0.6) is 0 Å². The number of ether oxygens (including phenoxy) is 1. The summed E-state index contributed by atoms with van der Waals surface area (Å²) in [6.07, 6.45) is 4.87. The zero-order chi connectivity index (χ0) is 18.9. The predicted molar refractivity (Wildman–Crippen MR) is 97.6 cm³/mol. The maximum atomic E-state index is 12.5. The standard InChI is InChI=1S/C17H28N8O2/c1-2-23(9-10-24-7-4-6-18-24)17(26)5-3-8-25-16(19-20-21-25)15-22-11-13-27-14-12-22/h4,6-7H,2-3,5,8-15H2,1H3. The summed E-state index contributed by atoms with van der Waals surface area (Å²) in [5.74, 6) is 1.00. The predicted octanol–water partition coefficient (Wildman–Crippen LogP) is 0.0307. The fraction of sp³-hybridized carbons (Fsp3) is 0.706. The number of carbonyl (C=O) groups is 1. The molecule has 0 saturated carbocycles. The average molecular weight is 376 g/mol. The highest BCUT2D eigenvalue weighted by Gasteiger charge is 2.16. The van der Waals surface area contributed by atoms with Crippen LogP contribution in [-0.2, 0) is 29.2 Å². The molecule has 148 valence electrons. The molecular formula is C17H28N8O2. The van der Waals surface area contributed by atoms with Gasteiger partial charge in [-0.15, -0.1) is 5.10 Å². The van der Waals surface area contributed by atoms with E-state index in [1.54, 1.807) is 6.20 Å². The number of tetrazole rings is 1. The van der Waals surface area contributed by atoms with E-state index in [1.807, 2.05) is 33.5 Å². The van der Waals surface area contributed by atoms with Gasteiger partial charge in [-0.2, -0.15) is 5.10 Å². The Morgan fingerprint density at radius 1 is 1.30 bits per heavy atom. The lowest BCUT2D eigenvalue weighted by atomic mass is 10.2. The third kappa shape index (κ3) is 5.83. The number of morpholine rings is 1. The van der Waals surface area contributed by atoms with Crippen LogP contribution in [0.4, 0.5) is 0 Å². The van der Waals surface area contributed by atoms with Crippen molar-refractivity contribution >= 4 is 5.91 Å². The van der Waals surface area contributed by atoms with E-state index in [4.69, 9.17) is 4.74 Å². The summed E-state index contributed by atoms with van der Waals surface area (Å²) in [5, 5.41) is 16.2. The number of carbonyl (C=O) groups excluding carboxylic acids is 1. The van der Waals surface area contributed by atoms with Gasteiger partial charge in [0.25, 0.3) is 0 Å². The highest BCUT2D eigenvalue weighted by Crippen LogP contribution is 2.06. The monoisotopic (exact) mass is 376 g/mol. The van der Waals surface area contributed by atoms with Gasteiger partial charge in [0.15, 0.2) is 5.82 Å². The van der Waals surface area contributed by atoms with Gasteiger partial charge in [0.2, 0.25) is 5.91 Å². The van der Waals surface area contributed by atoms with Crippen LogP contribution in [0.15, 0.2) is 18.5 Å². The second-order valence-electron chi connectivity index (χ2n) is 6.55. The quantitative estimate of drug-likeness (QED) is 0.577. The summed E-state index contributed by atoms with van der Waals surface area (Å²) in [6, 6.07) is 1.89. The summed E-state index contributed by atoms with van der Waals surface area (Å²) in [6.45, 7) is 8.75. The van der Waals surface area contributed by atoms with E-state index in [9.17, 15) is 4.79 Å². The molecule has 0 N–H and O–H groups in total. The van der Waals surface area contributed by atoms with E-state index in [1.165, 1.54) is 0 Å². The summed E-state index contributed by atoms with van der Waals surface area (Å²) in [7, 11) is 0. The molecular weight excluding hydrogens is 348 g/mol. The van der Waals surface area contributed by atoms with Crippen molar-refractivity contribution in [2.45, 2.75) is 39.4 Å². The van der Waals surface area contributed by atoms with E-state index >= 15 is 0 Å². The zero-order valence-corrected chi connectivity index (χ0v) is 15.9. The Morgan fingerprint density at radius 3 is 2.89 bits per heavy atom. The molecule has 3 rings (SSSR count). The van der Waals surface area contributed by atoms with Crippen molar-refractivity contribution < 1.29 is 9.53 Å². The minimum Gasteiger partial charge on any atom is -0.379 e. The van der Waals surface area contributed by atoms with E-state index in [0.29, 0.717) is 32.6 Å². The number of hydrogen-bond donors (Lipinski definition) is 0. The molecule has 1 amide bonds. The molecule has 1 fully saturated rings. The van der Waals surface area contributed by atoms with Crippen LogP contribution in [0.25, 0.3) is 0 Å². The number of hydrogen-bond acceptors (Lipinski definition) is 7. The van der Waals surface area contributed by atoms with Gasteiger partial charge < -0.3 is 9.64 Å². The van der Waals surface area contributed by atoms with E-state index in [0.717, 1.165) is 45.1 Å². The molecule has 0 aliphatic carbocycles. The Balaban J connectivity index is 1.41. The topological polar surface area (TPSA) is 94.2 Å². The first-order valence-electron chi connectivity index (χ1n) is 9.56. The fourth-order valence-electron chi connectivity index (χ4n) is 3.12. The molecule has 10 nitrogen and oxygen atoms in total. The number of amides is 1. The van der Waals surface area contributed by atoms with Gasteiger partial charge in [0.1, 0.15) is 0 Å². The highest BCUT2D eigenvalue weighted by molar-refractivity contribution is 5.76. The lowest BCUT2D eigenvalue weighted by Gasteiger charge is -2.25. The number of rotatable bonds is 10. The SMILES string of the molecule is CCN(CCn1cccn1)C(=O)CCCn1nnnc1CN1CCOCC1. The molecule has 0 radical (unpaired) electrons. The van der Waals surface area contributed by atoms with Crippen LogP contribution in [0.1, 0.15) is 25.6 Å². The lowest BCUT2D eigenvalue weighted by Crippen LogP contribution is -2.36. The van der Waals surface area contributed by atoms with Crippen molar-refractivity contribution in [3.8, 4) is 0 Å². The second kappa shape index (κ2) is 10.1. The first-order valence-corrected chi connectivity index (χ1v) is 9.56. The molecule has 0 atom stereocenters. The van der Waals surface area contributed by atoms with Crippen molar-refractivity contribution in [1.29, 1.82) is 0 Å². The Hall–Kier alpha value is -2.33. The van der Waals surface area contributed by atoms with Crippen molar-refractivity contribution in [2.24, 2.45) is 0 Å². The van der Waals surface area contributed by atoms with Crippen molar-refractivity contribution in [3.05, 3.63) is 24.3 Å². The first kappa shape index (κ1) is 19.4. The average Bonchev–Trinajstić information content (AvgIpc) is 3.35. The highest BCUT2D eigenvalue weighted by atomic mass is 16.5. The molecule has 0 spiro atoms. The van der Waals surface area contributed by atoms with Crippen molar-refractivity contribution in [2.75, 3.05) is 39.4 Å². The molecule has 0 aromatic carbocycles. The van der Waals surface area contributed by atoms with Gasteiger partial charge in [-0.1, -0.05) is 0 Å². The smallest absolute Gasteiger partial charge is 0.222 e. The lowest BCUT2D eigenvalue weighted by molar-refractivity contribution is -0.131. The maximum Gasteiger partial charge on any atom is 0.222 e. The molecule has 27 heavy (non-hydrogen) atoms. The molecule has 1 aliphatic heterocycles. The van der Waals surface area contributed by atoms with Crippen molar-refractivity contribution in [3.63, 3.8) is 0 Å². The van der Waals surface area contributed by atoms with Crippen LogP contribution in [0.2, 0.25) is 0 Å². The van der Waals surface area contributed by atoms with Crippen LogP contribution in [0, 0.1) is 0 Å². The maximum absolute atomic E-state index is 12.5. The number of nitrogens with zero attached hydrogens (tertiary/aromatic N) is 8. The van der Waals surface area contributed by atoms with Gasteiger partial charge in [-0.05, 0) is 29.8 Å². The van der Waals surface area contributed by atoms with Gasteiger partial charge >= 0.3 is 0 Å². The second-order valence-corrected chi connectivity index (χ2v) is 6.55. The van der Waals surface area contributed by atoms with Crippen LogP contribution < -0.4 is 0 Å². The third-order valence-corrected chi connectivity index (χ3v) is 4.73. The van der Waals surface area contributed by atoms with Gasteiger partial charge in [0.05, 0.1) is 26.3 Å². The van der Waals surface area contributed by atoms with Gasteiger partial charge in [-0.25, -0.2) is 4.68 Å². The minimum absolute atomic E-state index is 0.160. The van der Waals surface area contributed by atoms with E-state index in [-0.39, 0.29) is 5.91 Å². The molecule has 0 bridgehead atoms. The van der Waals surface area contributed by atoms with E-state index in [2.05, 4.69) is 25.5 Å². The number of aryl methyl sites for hydroxylation is 1. The molecule has 10 heteroatoms. The normalized spacial score (nSPS) is 15.1. The largest absolute Gasteiger partial charge is 0.379 e. The molecule has 1 saturated heterocycles. The Labute approximate surface area is 159 Å². The number of aromatic nitrogens is 6. The molecule has 1 aliphatic rings. The summed E-state index contributed by atoms with van der Waals surface area (Å²) >= 11 is 0. The van der Waals surface area contributed by atoms with Crippen LogP contribution in [-0.4, -0.2) is 85.1 Å². The summed E-state index contributed by atoms with van der Waals surface area (Å²) in [4.78, 5) is 16.6. The Kier molecular flexibility index (Phi) is 7.28. The van der Waals surface area contributed by atoms with Crippen LogP contribution in [0.3, 0.4) is 0 Å². The first-order chi connectivity index (χ1) is 13.3. The minimum atomic E-state index is 0.160. The zero-order valence-electron chi connectivity index (χ0n) is 15.9. The molecule has 2 aromatic rings. The van der Waals surface area contributed by atoms with Gasteiger partial charge in [-0.3, -0.25) is 14.4 Å². The number of likely N-dealkylation sites (N-methyl/N-ethyl adjacent to an activating group) is 1. The molecule has 2 aromatic heterocycles. The fourth-order valence-corrected chi connectivity index (χ4v) is 3.12. The summed E-state index contributed by atoms with van der Waals surface area (Å²) in [5.41, 5.74) is 0. The van der Waals surface area contributed by atoms with Gasteiger partial charge in [0, 0.05) is 51.5 Å². The van der Waals surface area contributed by atoms with Crippen LogP contribution >= 0.6 is 0 Å². The Bertz CT molecular complexity index is 681. The molecule has 3 heterocycles. The Morgan fingerprint density at radius 2 is 2.15 bits per heavy atom.